The van der Waals surface area contributed by atoms with E-state index in [0.29, 0.717) is 0 Å². The van der Waals surface area contributed by atoms with E-state index < -0.39 is 187 Å². The number of rotatable bonds is 13. The first-order chi connectivity index (χ1) is 26.5. The molecule has 328 valence electrons. The second-order valence-electron chi connectivity index (χ2n) is 13.9. The third-order valence-corrected chi connectivity index (χ3v) is 10.3. The fourth-order valence-corrected chi connectivity index (χ4v) is 6.99. The van der Waals surface area contributed by atoms with Gasteiger partial charge in [-0.05, 0) is 0 Å². The summed E-state index contributed by atoms with van der Waals surface area (Å²) >= 11 is 0. The molecule has 5 heterocycles. The van der Waals surface area contributed by atoms with Crippen molar-refractivity contribution in [1.29, 1.82) is 0 Å². The van der Waals surface area contributed by atoms with Crippen molar-refractivity contribution < 1.29 is 129 Å². The molecule has 5 saturated heterocycles. The second kappa shape index (κ2) is 19.6. The van der Waals surface area contributed by atoms with Gasteiger partial charge in [-0.2, -0.15) is 0 Å². The van der Waals surface area contributed by atoms with Crippen LogP contribution in [0, 0.1) is 0 Å². The lowest BCUT2D eigenvalue weighted by Crippen LogP contribution is -2.69. The van der Waals surface area contributed by atoms with Crippen molar-refractivity contribution in [2.75, 3.05) is 33.0 Å². The van der Waals surface area contributed by atoms with Gasteiger partial charge in [0.15, 0.2) is 31.5 Å². The van der Waals surface area contributed by atoms with E-state index in [1.165, 1.54) is 0 Å². The van der Waals surface area contributed by atoms with Crippen molar-refractivity contribution in [2.24, 2.45) is 0 Å². The molecule has 0 spiro atoms. The van der Waals surface area contributed by atoms with Gasteiger partial charge in [-0.3, -0.25) is 0 Å². The molecule has 0 amide bonds. The summed E-state index contributed by atoms with van der Waals surface area (Å²) in [6.07, 6.45) is -47.8. The predicted octanol–water partition coefficient (Wildman–Crippen LogP) is -11.9. The molecule has 0 aromatic carbocycles. The van der Waals surface area contributed by atoms with Crippen molar-refractivity contribution in [3.8, 4) is 0 Å². The average molecular weight is 829 g/mol. The Morgan fingerprint density at radius 3 is 1.09 bits per heavy atom. The Kier molecular flexibility index (Phi) is 16.1. The Hall–Kier alpha value is -1.04. The zero-order valence-electron chi connectivity index (χ0n) is 29.2. The predicted molar refractivity (Wildman–Crippen MR) is 167 cm³/mol. The van der Waals surface area contributed by atoms with E-state index in [-0.39, 0.29) is 0 Å². The maximum Gasteiger partial charge on any atom is 0.187 e. The number of hydrogen-bond donors (Lipinski definition) is 17. The lowest BCUT2D eigenvalue weighted by molar-refractivity contribution is -0.409. The molecule has 17 N–H and O–H groups in total. The molecule has 0 bridgehead atoms. The van der Waals surface area contributed by atoms with Gasteiger partial charge >= 0.3 is 0 Å². The number of aliphatic hydroxyl groups excluding tert-OH is 17. The van der Waals surface area contributed by atoms with Crippen LogP contribution in [0.1, 0.15) is 0 Å². The molecule has 56 heavy (non-hydrogen) atoms. The van der Waals surface area contributed by atoms with E-state index in [2.05, 4.69) is 0 Å². The third-order valence-electron chi connectivity index (χ3n) is 10.3. The molecule has 26 heteroatoms. The number of hydrogen-bond acceptors (Lipinski definition) is 26. The maximum atomic E-state index is 11.3. The highest BCUT2D eigenvalue weighted by atomic mass is 16.8. The van der Waals surface area contributed by atoms with E-state index >= 15 is 0 Å². The topological polar surface area (TPSA) is 427 Å². The van der Waals surface area contributed by atoms with E-state index in [4.69, 9.17) is 42.6 Å². The van der Waals surface area contributed by atoms with Crippen molar-refractivity contribution in [3.63, 3.8) is 0 Å². The van der Waals surface area contributed by atoms with Crippen LogP contribution in [0.3, 0.4) is 0 Å². The summed E-state index contributed by atoms with van der Waals surface area (Å²) in [6.45, 7) is -4.70. The summed E-state index contributed by atoms with van der Waals surface area (Å²) in [4.78, 5) is 0. The second-order valence-corrected chi connectivity index (χ2v) is 13.9. The molecular weight excluding hydrogens is 776 g/mol. The van der Waals surface area contributed by atoms with Crippen molar-refractivity contribution in [2.45, 2.75) is 154 Å². The Bertz CT molecular complexity index is 1200. The van der Waals surface area contributed by atoms with Gasteiger partial charge in [-0.25, -0.2) is 0 Å². The molecule has 0 aromatic heterocycles. The molecule has 0 aromatic rings. The van der Waals surface area contributed by atoms with Crippen molar-refractivity contribution in [1.82, 2.24) is 0 Å². The first-order valence-corrected chi connectivity index (χ1v) is 17.6. The fraction of sp³-hybridized carbons (Fsp3) is 1.00. The van der Waals surface area contributed by atoms with E-state index in [1.807, 2.05) is 0 Å². The van der Waals surface area contributed by atoms with E-state index in [9.17, 15) is 86.8 Å². The summed E-state index contributed by atoms with van der Waals surface area (Å²) in [5.74, 6) is 0. The van der Waals surface area contributed by atoms with Crippen molar-refractivity contribution in [3.05, 3.63) is 0 Å². The Morgan fingerprint density at radius 1 is 0.268 bits per heavy atom. The maximum absolute atomic E-state index is 11.3. The normalized spacial score (nSPS) is 53.2. The van der Waals surface area contributed by atoms with Gasteiger partial charge in [0.25, 0.3) is 0 Å². The molecule has 0 saturated carbocycles. The van der Waals surface area contributed by atoms with Gasteiger partial charge in [0.05, 0.1) is 33.0 Å². The first-order valence-electron chi connectivity index (χ1n) is 17.6. The quantitative estimate of drug-likeness (QED) is 0.0819. The summed E-state index contributed by atoms with van der Waals surface area (Å²) in [6, 6.07) is 0. The van der Waals surface area contributed by atoms with Crippen LogP contribution in [-0.2, 0) is 42.6 Å². The van der Waals surface area contributed by atoms with Gasteiger partial charge in [-0.15, -0.1) is 0 Å². The minimum Gasteiger partial charge on any atom is -0.394 e. The summed E-state index contributed by atoms with van der Waals surface area (Å²) < 4.78 is 50.1. The fourth-order valence-electron chi connectivity index (χ4n) is 6.99. The average Bonchev–Trinajstić information content (AvgIpc) is 3.19. The van der Waals surface area contributed by atoms with Gasteiger partial charge in [0, 0.05) is 0 Å². The van der Waals surface area contributed by atoms with Crippen LogP contribution in [0.15, 0.2) is 0 Å². The highest BCUT2D eigenvalue weighted by Gasteiger charge is 2.57. The van der Waals surface area contributed by atoms with Gasteiger partial charge in [0.1, 0.15) is 122 Å². The summed E-state index contributed by atoms with van der Waals surface area (Å²) in [7, 11) is 0. The molecule has 0 unspecified atom stereocenters. The zero-order valence-corrected chi connectivity index (χ0v) is 29.2. The Balaban J connectivity index is 1.44. The summed E-state index contributed by atoms with van der Waals surface area (Å²) in [5, 5.41) is 177. The van der Waals surface area contributed by atoms with Gasteiger partial charge in [-0.1, -0.05) is 0 Å². The van der Waals surface area contributed by atoms with Crippen LogP contribution in [-0.4, -0.2) is 273 Å². The van der Waals surface area contributed by atoms with Crippen LogP contribution < -0.4 is 0 Å². The van der Waals surface area contributed by atoms with Crippen LogP contribution in [0.25, 0.3) is 0 Å². The van der Waals surface area contributed by atoms with Crippen LogP contribution in [0.5, 0.6) is 0 Å². The highest BCUT2D eigenvalue weighted by molar-refractivity contribution is 4.99. The molecule has 5 fully saturated rings. The smallest absolute Gasteiger partial charge is 0.187 e. The molecule has 0 aliphatic carbocycles. The van der Waals surface area contributed by atoms with Crippen LogP contribution in [0.4, 0.5) is 0 Å². The van der Waals surface area contributed by atoms with E-state index in [1.54, 1.807) is 0 Å². The highest BCUT2D eigenvalue weighted by Crippen LogP contribution is 2.37. The van der Waals surface area contributed by atoms with Crippen LogP contribution in [0.2, 0.25) is 0 Å². The lowest BCUT2D eigenvalue weighted by Gasteiger charge is -2.51. The monoisotopic (exact) mass is 828 g/mol. The molecule has 25 atom stereocenters. The zero-order chi connectivity index (χ0) is 41.3. The molecular formula is C30H52O26. The minimum atomic E-state index is -2.16. The molecule has 0 radical (unpaired) electrons. The van der Waals surface area contributed by atoms with Crippen LogP contribution >= 0.6 is 0 Å². The van der Waals surface area contributed by atoms with E-state index in [0.717, 1.165) is 0 Å². The number of aliphatic hydroxyl groups is 17. The lowest BCUT2D eigenvalue weighted by atomic mass is 9.95. The minimum absolute atomic E-state index is 0.838. The standard InChI is InChI=1S/C30H52O26/c31-1-6-11(36)15(40)18(43)27(49-6)55-24-14(39)9(4-34)51-30(25(24)56-28-19(44)16(41)12(37)7(2-32)50-28)53-22-10(5-35)52-29(20(45)17(22)42)54-23-13(38)8(3-33)48-26(47)21(23)46/h6-47H,1-5H2/t6-,7-,8-,9-,10-,11-,12-,13-,14-,15+,16+,17-,18-,19-,20-,21-,22+,23+,24+,25-,26-,27+,28+,29+,30+/m1/s1. The van der Waals surface area contributed by atoms with Gasteiger partial charge < -0.3 is 129 Å². The Morgan fingerprint density at radius 2 is 0.607 bits per heavy atom. The number of ether oxygens (including phenoxy) is 9. The molecule has 5 rings (SSSR count). The van der Waals surface area contributed by atoms with Crippen molar-refractivity contribution >= 4 is 0 Å². The van der Waals surface area contributed by atoms with Gasteiger partial charge in [0.2, 0.25) is 0 Å². The molecule has 5 aliphatic rings. The SMILES string of the molecule is OC[C@H]1O[C@@H](O[C@H]2[C@H](O[C@@H]3[C@H](O)[C@@H](O)[C@H](O[C@@H]4[C@@H](O)[C@H](O)O[C@H](CO)[C@H]4O)O[C@@H]3CO)O[C@H](CO)[C@@H](O)[C@@H]2O[C@@H]2O[C@H](CO)[C@@H](O)[C@H](O)[C@H]2O)[C@H](O)[C@@H](O)[C@@H]1O. The third kappa shape index (κ3) is 9.16. The summed E-state index contributed by atoms with van der Waals surface area (Å²) in [5.41, 5.74) is 0. The molecule has 5 aliphatic heterocycles. The molecule has 26 nitrogen and oxygen atoms in total. The Labute approximate surface area is 316 Å². The largest absolute Gasteiger partial charge is 0.394 e. The first kappa shape index (κ1) is 46.0.